The van der Waals surface area contributed by atoms with Gasteiger partial charge in [-0.2, -0.15) is 4.31 Å². The SMILES string of the molecule is O=S1(=O)CCN(S(=O)(=O)c2ccc(Cl)c(CCl)c2Cl)CC1. The third-order valence-electron chi connectivity index (χ3n) is 3.21. The minimum absolute atomic E-state index is 0.0184. The number of rotatable bonds is 3. The Labute approximate surface area is 138 Å². The molecule has 1 aromatic carbocycles. The number of sulfonamides is 1. The first-order valence-electron chi connectivity index (χ1n) is 5.92. The Kier molecular flexibility index (Phi) is 5.12. The Morgan fingerprint density at radius 1 is 1.14 bits per heavy atom. The van der Waals surface area contributed by atoms with Gasteiger partial charge in [0.25, 0.3) is 0 Å². The van der Waals surface area contributed by atoms with Crippen LogP contribution in [-0.4, -0.2) is 45.7 Å². The molecule has 1 aliphatic heterocycles. The van der Waals surface area contributed by atoms with E-state index in [2.05, 4.69) is 0 Å². The van der Waals surface area contributed by atoms with Gasteiger partial charge in [-0.25, -0.2) is 16.8 Å². The van der Waals surface area contributed by atoms with E-state index in [1.807, 2.05) is 0 Å². The molecule has 1 heterocycles. The molecule has 0 spiro atoms. The number of hydrogen-bond donors (Lipinski definition) is 0. The van der Waals surface area contributed by atoms with Crippen LogP contribution in [0.1, 0.15) is 5.56 Å². The summed E-state index contributed by atoms with van der Waals surface area (Å²) in [5, 5.41) is 0.265. The van der Waals surface area contributed by atoms with Crippen molar-refractivity contribution in [2.75, 3.05) is 24.6 Å². The van der Waals surface area contributed by atoms with Gasteiger partial charge in [-0.3, -0.25) is 0 Å². The van der Waals surface area contributed by atoms with E-state index in [0.717, 1.165) is 4.31 Å². The van der Waals surface area contributed by atoms with E-state index in [-0.39, 0.29) is 45.4 Å². The highest BCUT2D eigenvalue weighted by Gasteiger charge is 2.33. The molecule has 1 saturated heterocycles. The quantitative estimate of drug-likeness (QED) is 0.739. The number of halogens is 3. The summed E-state index contributed by atoms with van der Waals surface area (Å²) in [6.07, 6.45) is 0. The predicted octanol–water partition coefficient (Wildman–Crippen LogP) is 2.15. The number of alkyl halides is 1. The Hall–Kier alpha value is -0.0500. The summed E-state index contributed by atoms with van der Waals surface area (Å²) in [6, 6.07) is 2.72. The summed E-state index contributed by atoms with van der Waals surface area (Å²) in [6.45, 7) is -0.167. The Balaban J connectivity index is 2.42. The minimum Gasteiger partial charge on any atom is -0.229 e. The van der Waals surface area contributed by atoms with Crippen LogP contribution in [0.4, 0.5) is 0 Å². The lowest BCUT2D eigenvalue weighted by Gasteiger charge is -2.26. The van der Waals surface area contributed by atoms with Crippen molar-refractivity contribution < 1.29 is 16.8 Å². The molecular weight excluding hydrogens is 381 g/mol. The third kappa shape index (κ3) is 3.48. The largest absolute Gasteiger partial charge is 0.244 e. The molecule has 1 aliphatic rings. The van der Waals surface area contributed by atoms with Crippen LogP contribution in [0.15, 0.2) is 17.0 Å². The van der Waals surface area contributed by atoms with Gasteiger partial charge < -0.3 is 0 Å². The van der Waals surface area contributed by atoms with Gasteiger partial charge in [0, 0.05) is 23.7 Å². The molecule has 0 radical (unpaired) electrons. The lowest BCUT2D eigenvalue weighted by Crippen LogP contribution is -2.43. The molecule has 0 N–H and O–H groups in total. The molecule has 5 nitrogen and oxygen atoms in total. The summed E-state index contributed by atoms with van der Waals surface area (Å²) in [7, 11) is -7.04. The smallest absolute Gasteiger partial charge is 0.229 e. The minimum atomic E-state index is -3.87. The zero-order valence-corrected chi connectivity index (χ0v) is 14.6. The van der Waals surface area contributed by atoms with Crippen LogP contribution in [0.5, 0.6) is 0 Å². The monoisotopic (exact) mass is 391 g/mol. The van der Waals surface area contributed by atoms with Crippen molar-refractivity contribution in [3.8, 4) is 0 Å². The first-order chi connectivity index (χ1) is 9.69. The van der Waals surface area contributed by atoms with Crippen LogP contribution >= 0.6 is 34.8 Å². The van der Waals surface area contributed by atoms with Crippen molar-refractivity contribution in [2.45, 2.75) is 10.8 Å². The Bertz CT molecular complexity index is 748. The van der Waals surface area contributed by atoms with E-state index in [1.54, 1.807) is 0 Å². The summed E-state index contributed by atoms with van der Waals surface area (Å²) in [4.78, 5) is -0.108. The van der Waals surface area contributed by atoms with Crippen LogP contribution in [0.3, 0.4) is 0 Å². The van der Waals surface area contributed by atoms with Crippen molar-refractivity contribution in [3.63, 3.8) is 0 Å². The number of sulfone groups is 1. The van der Waals surface area contributed by atoms with Gasteiger partial charge in [-0.15, -0.1) is 11.6 Å². The molecule has 1 aromatic rings. The molecule has 0 amide bonds. The maximum atomic E-state index is 12.6. The maximum Gasteiger partial charge on any atom is 0.244 e. The molecule has 10 heteroatoms. The zero-order chi connectivity index (χ0) is 15.8. The molecule has 2 rings (SSSR count). The number of benzene rings is 1. The average molecular weight is 393 g/mol. The van der Waals surface area contributed by atoms with Crippen molar-refractivity contribution in [1.82, 2.24) is 4.31 Å². The average Bonchev–Trinajstić information content (AvgIpc) is 2.38. The predicted molar refractivity (Wildman–Crippen MR) is 83.4 cm³/mol. The normalized spacial score (nSPS) is 19.6. The van der Waals surface area contributed by atoms with Crippen molar-refractivity contribution in [3.05, 3.63) is 27.7 Å². The second-order valence-corrected chi connectivity index (χ2v) is 9.79. The molecule has 0 bridgehead atoms. The Morgan fingerprint density at radius 2 is 1.71 bits per heavy atom. The number of hydrogen-bond acceptors (Lipinski definition) is 4. The van der Waals surface area contributed by atoms with Crippen LogP contribution in [0.25, 0.3) is 0 Å². The van der Waals surface area contributed by atoms with Gasteiger partial charge in [-0.05, 0) is 12.1 Å². The van der Waals surface area contributed by atoms with Crippen LogP contribution in [0, 0.1) is 0 Å². The maximum absolute atomic E-state index is 12.6. The van der Waals surface area contributed by atoms with E-state index in [0.29, 0.717) is 5.56 Å². The molecule has 0 aliphatic carbocycles. The number of nitrogens with zero attached hydrogens (tertiary/aromatic N) is 1. The second-order valence-electron chi connectivity index (χ2n) is 4.53. The fourth-order valence-corrected chi connectivity index (χ4v) is 6.15. The van der Waals surface area contributed by atoms with Crippen LogP contribution < -0.4 is 0 Å². The first kappa shape index (κ1) is 17.3. The van der Waals surface area contributed by atoms with Gasteiger partial charge in [-0.1, -0.05) is 23.2 Å². The molecule has 21 heavy (non-hydrogen) atoms. The van der Waals surface area contributed by atoms with Crippen LogP contribution in [0.2, 0.25) is 10.0 Å². The molecule has 1 fully saturated rings. The second kappa shape index (κ2) is 6.22. The highest BCUT2D eigenvalue weighted by Crippen LogP contribution is 2.34. The van der Waals surface area contributed by atoms with Gasteiger partial charge in [0.15, 0.2) is 9.84 Å². The summed E-state index contributed by atoms with van der Waals surface area (Å²) < 4.78 is 49.0. The fourth-order valence-electron chi connectivity index (χ4n) is 1.97. The highest BCUT2D eigenvalue weighted by atomic mass is 35.5. The van der Waals surface area contributed by atoms with E-state index in [4.69, 9.17) is 34.8 Å². The van der Waals surface area contributed by atoms with Crippen molar-refractivity contribution >= 4 is 54.7 Å². The molecule has 118 valence electrons. The standard InChI is InChI=1S/C11H12Cl3NO4S2/c12-7-8-9(13)1-2-10(11(8)14)21(18,19)15-3-5-20(16,17)6-4-15/h1-2H,3-7H2. The van der Waals surface area contributed by atoms with Crippen molar-refractivity contribution in [1.29, 1.82) is 0 Å². The van der Waals surface area contributed by atoms with E-state index in [9.17, 15) is 16.8 Å². The molecule has 0 saturated carbocycles. The highest BCUT2D eigenvalue weighted by molar-refractivity contribution is 7.92. The molecule has 0 atom stereocenters. The lowest BCUT2D eigenvalue weighted by atomic mass is 10.2. The van der Waals surface area contributed by atoms with E-state index < -0.39 is 19.9 Å². The first-order valence-corrected chi connectivity index (χ1v) is 10.5. The third-order valence-corrected chi connectivity index (χ3v) is 7.92. The van der Waals surface area contributed by atoms with E-state index >= 15 is 0 Å². The zero-order valence-electron chi connectivity index (χ0n) is 10.7. The summed E-state index contributed by atoms with van der Waals surface area (Å²) in [5.41, 5.74) is 0.339. The molecular formula is C11H12Cl3NO4S2. The lowest BCUT2D eigenvalue weighted by molar-refractivity contribution is 0.431. The van der Waals surface area contributed by atoms with E-state index in [1.165, 1.54) is 12.1 Å². The van der Waals surface area contributed by atoms with Crippen molar-refractivity contribution in [2.24, 2.45) is 0 Å². The topological polar surface area (TPSA) is 71.5 Å². The Morgan fingerprint density at radius 3 is 2.24 bits per heavy atom. The molecule has 0 aromatic heterocycles. The molecule has 0 unspecified atom stereocenters. The fraction of sp³-hybridized carbons (Fsp3) is 0.455. The van der Waals surface area contributed by atoms with Gasteiger partial charge in [0.05, 0.1) is 22.4 Å². The van der Waals surface area contributed by atoms with Gasteiger partial charge in [0.2, 0.25) is 10.0 Å². The summed E-state index contributed by atoms with van der Waals surface area (Å²) >= 11 is 17.7. The summed E-state index contributed by atoms with van der Waals surface area (Å²) in [5.74, 6) is -0.408. The van der Waals surface area contributed by atoms with Crippen LogP contribution in [-0.2, 0) is 25.7 Å². The van der Waals surface area contributed by atoms with Gasteiger partial charge >= 0.3 is 0 Å². The van der Waals surface area contributed by atoms with Gasteiger partial charge in [0.1, 0.15) is 4.90 Å².